The van der Waals surface area contributed by atoms with E-state index in [1.807, 2.05) is 13.8 Å². The number of nitrogens with two attached hydrogens (primary N) is 1. The van der Waals surface area contributed by atoms with Crippen LogP contribution in [0.3, 0.4) is 0 Å². The van der Waals surface area contributed by atoms with Gasteiger partial charge in [-0.1, -0.05) is 0 Å². The van der Waals surface area contributed by atoms with Crippen LogP contribution in [-0.2, 0) is 7.05 Å². The van der Waals surface area contributed by atoms with E-state index in [2.05, 4.69) is 21.0 Å². The van der Waals surface area contributed by atoms with E-state index in [4.69, 9.17) is 5.73 Å². The number of anilines is 1. The van der Waals surface area contributed by atoms with Crippen LogP contribution in [0.5, 0.6) is 5.75 Å². The van der Waals surface area contributed by atoms with Crippen molar-refractivity contribution >= 4 is 21.7 Å². The molecule has 0 unspecified atom stereocenters. The zero-order chi connectivity index (χ0) is 12.7. The highest BCUT2D eigenvalue weighted by Crippen LogP contribution is 2.39. The first-order valence-electron chi connectivity index (χ1n) is 5.20. The van der Waals surface area contributed by atoms with Crippen molar-refractivity contribution in [3.8, 4) is 16.9 Å². The number of nitrogen functional groups attached to an aromatic ring is 1. The van der Waals surface area contributed by atoms with Gasteiger partial charge in [-0.2, -0.15) is 5.10 Å². The number of phenols is 1. The van der Waals surface area contributed by atoms with Gasteiger partial charge in [-0.15, -0.1) is 0 Å². The minimum Gasteiger partial charge on any atom is -0.507 e. The molecule has 4 nitrogen and oxygen atoms in total. The van der Waals surface area contributed by atoms with Gasteiger partial charge in [0, 0.05) is 12.6 Å². The Balaban J connectivity index is 2.76. The molecule has 3 N–H and O–H groups in total. The molecule has 2 rings (SSSR count). The van der Waals surface area contributed by atoms with Gasteiger partial charge in [-0.25, -0.2) is 0 Å². The third kappa shape index (κ3) is 1.80. The number of aryl methyl sites for hydroxylation is 2. The Morgan fingerprint density at radius 1 is 1.41 bits per heavy atom. The standard InChI is InChI=1S/C12H14BrN3O/c1-6-4-9(17)11(13)7(2)10(6)8-5-15-16(3)12(8)14/h4-5,17H,14H2,1-3H3. The molecule has 17 heavy (non-hydrogen) atoms. The zero-order valence-electron chi connectivity index (χ0n) is 9.95. The second kappa shape index (κ2) is 4.07. The summed E-state index contributed by atoms with van der Waals surface area (Å²) in [4.78, 5) is 0. The van der Waals surface area contributed by atoms with Gasteiger partial charge < -0.3 is 10.8 Å². The van der Waals surface area contributed by atoms with Crippen molar-refractivity contribution in [3.63, 3.8) is 0 Å². The van der Waals surface area contributed by atoms with Gasteiger partial charge in [-0.05, 0) is 52.5 Å². The highest BCUT2D eigenvalue weighted by atomic mass is 79.9. The fraction of sp³-hybridized carbons (Fsp3) is 0.250. The molecule has 0 radical (unpaired) electrons. The van der Waals surface area contributed by atoms with Gasteiger partial charge in [0.05, 0.1) is 10.7 Å². The lowest BCUT2D eigenvalue weighted by atomic mass is 9.97. The second-order valence-electron chi connectivity index (χ2n) is 4.09. The number of hydrogen-bond acceptors (Lipinski definition) is 3. The Bertz CT molecular complexity index is 590. The quantitative estimate of drug-likeness (QED) is 0.850. The lowest BCUT2D eigenvalue weighted by molar-refractivity contribution is 0.471. The van der Waals surface area contributed by atoms with E-state index in [0.717, 1.165) is 22.3 Å². The summed E-state index contributed by atoms with van der Waals surface area (Å²) in [7, 11) is 1.80. The van der Waals surface area contributed by atoms with E-state index in [-0.39, 0.29) is 5.75 Å². The molecule has 0 fully saturated rings. The number of aromatic nitrogens is 2. The summed E-state index contributed by atoms with van der Waals surface area (Å²) in [6.07, 6.45) is 1.74. The van der Waals surface area contributed by atoms with Crippen molar-refractivity contribution in [3.05, 3.63) is 27.9 Å². The fourth-order valence-corrected chi connectivity index (χ4v) is 2.30. The molecule has 1 aromatic carbocycles. The molecule has 0 bridgehead atoms. The largest absolute Gasteiger partial charge is 0.507 e. The topological polar surface area (TPSA) is 64.1 Å². The first-order chi connectivity index (χ1) is 7.93. The Hall–Kier alpha value is -1.49. The first-order valence-corrected chi connectivity index (χ1v) is 5.99. The lowest BCUT2D eigenvalue weighted by Crippen LogP contribution is -1.99. The molecule has 0 amide bonds. The molecule has 1 heterocycles. The Morgan fingerprint density at radius 3 is 2.59 bits per heavy atom. The Morgan fingerprint density at radius 2 is 2.06 bits per heavy atom. The smallest absolute Gasteiger partial charge is 0.130 e. The van der Waals surface area contributed by atoms with Gasteiger partial charge in [0.25, 0.3) is 0 Å². The molecule has 0 spiro atoms. The summed E-state index contributed by atoms with van der Waals surface area (Å²) in [5.74, 6) is 0.861. The summed E-state index contributed by atoms with van der Waals surface area (Å²) in [5, 5.41) is 13.9. The van der Waals surface area contributed by atoms with Crippen molar-refractivity contribution in [2.45, 2.75) is 13.8 Å². The number of nitrogens with zero attached hydrogens (tertiary/aromatic N) is 2. The van der Waals surface area contributed by atoms with Crippen LogP contribution >= 0.6 is 15.9 Å². The molecule has 0 aliphatic heterocycles. The van der Waals surface area contributed by atoms with E-state index in [1.54, 1.807) is 24.0 Å². The van der Waals surface area contributed by atoms with Crippen LogP contribution in [0.1, 0.15) is 11.1 Å². The molecule has 0 aliphatic carbocycles. The molecular formula is C12H14BrN3O. The van der Waals surface area contributed by atoms with Crippen molar-refractivity contribution in [2.75, 3.05) is 5.73 Å². The maximum absolute atomic E-state index is 9.73. The van der Waals surface area contributed by atoms with Crippen LogP contribution in [0.2, 0.25) is 0 Å². The number of aromatic hydroxyl groups is 1. The predicted molar refractivity (Wildman–Crippen MR) is 71.9 cm³/mol. The molecule has 0 saturated carbocycles. The van der Waals surface area contributed by atoms with Crippen LogP contribution in [0.15, 0.2) is 16.7 Å². The van der Waals surface area contributed by atoms with Crippen LogP contribution < -0.4 is 5.73 Å². The van der Waals surface area contributed by atoms with E-state index >= 15 is 0 Å². The van der Waals surface area contributed by atoms with E-state index < -0.39 is 0 Å². The maximum atomic E-state index is 9.73. The summed E-state index contributed by atoms with van der Waals surface area (Å²) in [5.41, 5.74) is 9.82. The van der Waals surface area contributed by atoms with Crippen molar-refractivity contribution in [1.82, 2.24) is 9.78 Å². The third-order valence-corrected chi connectivity index (χ3v) is 3.93. The van der Waals surface area contributed by atoms with E-state index in [9.17, 15) is 5.11 Å². The van der Waals surface area contributed by atoms with Crippen LogP contribution in [0.4, 0.5) is 5.82 Å². The third-order valence-electron chi connectivity index (χ3n) is 2.93. The van der Waals surface area contributed by atoms with Crippen molar-refractivity contribution < 1.29 is 5.11 Å². The monoisotopic (exact) mass is 295 g/mol. The fourth-order valence-electron chi connectivity index (χ4n) is 1.99. The van der Waals surface area contributed by atoms with Crippen LogP contribution in [-0.4, -0.2) is 14.9 Å². The van der Waals surface area contributed by atoms with Gasteiger partial charge in [0.1, 0.15) is 11.6 Å². The van der Waals surface area contributed by atoms with Gasteiger partial charge >= 0.3 is 0 Å². The van der Waals surface area contributed by atoms with Crippen molar-refractivity contribution in [2.24, 2.45) is 7.05 Å². The predicted octanol–water partition coefficient (Wildman–Crippen LogP) is 2.75. The normalized spacial score (nSPS) is 10.8. The average Bonchev–Trinajstić information content (AvgIpc) is 2.58. The molecule has 1 aromatic heterocycles. The molecule has 0 aliphatic rings. The summed E-state index contributed by atoms with van der Waals surface area (Å²) < 4.78 is 2.33. The Kier molecular flexibility index (Phi) is 2.87. The van der Waals surface area contributed by atoms with Gasteiger partial charge in [-0.3, -0.25) is 4.68 Å². The van der Waals surface area contributed by atoms with Crippen LogP contribution in [0, 0.1) is 13.8 Å². The number of rotatable bonds is 1. The minimum absolute atomic E-state index is 0.242. The SMILES string of the molecule is Cc1cc(O)c(Br)c(C)c1-c1cnn(C)c1N. The van der Waals surface area contributed by atoms with E-state index in [0.29, 0.717) is 10.3 Å². The maximum Gasteiger partial charge on any atom is 0.130 e. The van der Waals surface area contributed by atoms with Gasteiger partial charge in [0.15, 0.2) is 0 Å². The molecule has 0 saturated heterocycles. The molecule has 5 heteroatoms. The summed E-state index contributed by atoms with van der Waals surface area (Å²) in [6, 6.07) is 1.72. The summed E-state index contributed by atoms with van der Waals surface area (Å²) in [6.45, 7) is 3.89. The molecular weight excluding hydrogens is 282 g/mol. The molecule has 0 atom stereocenters. The highest BCUT2D eigenvalue weighted by molar-refractivity contribution is 9.10. The summed E-state index contributed by atoms with van der Waals surface area (Å²) >= 11 is 3.37. The average molecular weight is 296 g/mol. The molecule has 90 valence electrons. The Labute approximate surface area is 108 Å². The second-order valence-corrected chi connectivity index (χ2v) is 4.89. The number of benzene rings is 1. The first kappa shape index (κ1) is 12.0. The minimum atomic E-state index is 0.242. The lowest BCUT2D eigenvalue weighted by Gasteiger charge is -2.12. The highest BCUT2D eigenvalue weighted by Gasteiger charge is 2.16. The van der Waals surface area contributed by atoms with Gasteiger partial charge in [0.2, 0.25) is 0 Å². The number of phenolic OH excluding ortho intramolecular Hbond substituents is 1. The molecule has 2 aromatic rings. The zero-order valence-corrected chi connectivity index (χ0v) is 11.5. The van der Waals surface area contributed by atoms with E-state index in [1.165, 1.54) is 0 Å². The number of halogens is 1. The number of hydrogen-bond donors (Lipinski definition) is 2. The van der Waals surface area contributed by atoms with Crippen molar-refractivity contribution in [1.29, 1.82) is 0 Å². The van der Waals surface area contributed by atoms with Crippen LogP contribution in [0.25, 0.3) is 11.1 Å².